The maximum absolute atomic E-state index is 14.3. The molecule has 0 aromatic heterocycles. The Bertz CT molecular complexity index is 2980. The zero-order chi connectivity index (χ0) is 65.1. The molecule has 0 aliphatic rings. The fraction of sp³-hybridized carbons (Fsp3) is 0.579. The first kappa shape index (κ1) is 73.2. The van der Waals surface area contributed by atoms with Crippen LogP contribution in [0, 0.1) is 38.0 Å². The zero-order valence-electron chi connectivity index (χ0n) is 50.9. The number of primary amides is 1. The summed E-state index contributed by atoms with van der Waals surface area (Å²) >= 11 is 0. The Morgan fingerprint density at radius 3 is 1.77 bits per heavy atom. The van der Waals surface area contributed by atoms with Gasteiger partial charge < -0.3 is 64.6 Å². The first-order valence-electron chi connectivity index (χ1n) is 29.2. The number of rotatable bonds is 40. The molecule has 0 heterocycles. The van der Waals surface area contributed by atoms with Crippen molar-refractivity contribution in [1.82, 2.24) is 41.9 Å². The smallest absolute Gasteiger partial charge is 0.299 e. The number of unbranched alkanes of at least 4 members (excludes halogenated alkanes) is 3. The number of benzene rings is 3. The molecule has 3 aromatic carbocycles. The first-order chi connectivity index (χ1) is 41.0. The molecule has 87 heavy (non-hydrogen) atoms. The Kier molecular flexibility index (Phi) is 30.4. The van der Waals surface area contributed by atoms with Crippen LogP contribution in [0.5, 0.6) is 0 Å². The number of sulfonamides is 1. The van der Waals surface area contributed by atoms with Crippen LogP contribution in [0.15, 0.2) is 59.5 Å². The van der Waals surface area contributed by atoms with Crippen LogP contribution in [0.25, 0.3) is 10.8 Å². The number of nitro groups is 2. The number of hydrogen-bond acceptors (Lipinski definition) is 18. The molecule has 30 heteroatoms. The van der Waals surface area contributed by atoms with E-state index >= 15 is 0 Å². The number of anilines is 2. The van der Waals surface area contributed by atoms with Gasteiger partial charge in [-0.15, -0.1) is 0 Å². The van der Waals surface area contributed by atoms with Crippen molar-refractivity contribution in [2.75, 3.05) is 57.0 Å². The van der Waals surface area contributed by atoms with Crippen LogP contribution in [-0.2, 0) is 48.4 Å². The van der Waals surface area contributed by atoms with E-state index in [0.29, 0.717) is 37.5 Å². The molecule has 29 nitrogen and oxygen atoms in total. The molecule has 0 fully saturated rings. The third-order valence-corrected chi connectivity index (χ3v) is 15.9. The van der Waals surface area contributed by atoms with Crippen LogP contribution in [-0.4, -0.2) is 149 Å². The van der Waals surface area contributed by atoms with Crippen LogP contribution in [0.2, 0.25) is 0 Å². The zero-order valence-corrected chi connectivity index (χ0v) is 51.7. The summed E-state index contributed by atoms with van der Waals surface area (Å²) in [5.41, 5.74) is 17.3. The molecule has 3 aromatic rings. The van der Waals surface area contributed by atoms with Crippen LogP contribution >= 0.6 is 0 Å². The average molecular weight is 1240 g/mol. The van der Waals surface area contributed by atoms with Gasteiger partial charge in [0, 0.05) is 62.7 Å². The lowest BCUT2D eigenvalue weighted by atomic mass is 9.96. The molecule has 0 radical (unpaired) electrons. The van der Waals surface area contributed by atoms with Gasteiger partial charge in [-0.25, -0.2) is 13.1 Å². The Morgan fingerprint density at radius 2 is 1.18 bits per heavy atom. The normalized spacial score (nSPS) is 13.8. The number of nitrogens with two attached hydrogens (primary N) is 3. The lowest BCUT2D eigenvalue weighted by Crippen LogP contribution is -2.61. The van der Waals surface area contributed by atoms with E-state index in [9.17, 15) is 67.0 Å². The molecule has 0 bridgehead atoms. The molecular formula is C57H89N15O14S. The monoisotopic (exact) mass is 1240 g/mol. The largest absolute Gasteiger partial charge is 0.379 e. The molecule has 7 atom stereocenters. The van der Waals surface area contributed by atoms with Crippen LogP contribution in [0.1, 0.15) is 112 Å². The van der Waals surface area contributed by atoms with Gasteiger partial charge in [-0.3, -0.25) is 58.6 Å². The summed E-state index contributed by atoms with van der Waals surface area (Å²) in [5.74, 6) is -7.44. The van der Waals surface area contributed by atoms with Crippen molar-refractivity contribution in [3.05, 3.63) is 74.8 Å². The van der Waals surface area contributed by atoms with Crippen molar-refractivity contribution >= 4 is 90.8 Å². The average Bonchev–Trinajstić information content (AvgIpc) is 1.42. The highest BCUT2D eigenvalue weighted by atomic mass is 32.2. The van der Waals surface area contributed by atoms with Gasteiger partial charge in [-0.2, -0.15) is 0 Å². The SMILES string of the molecule is CCC(C)[C@H](NC(=O)[C@@H](NC(=O)[C@H](CCCCN)NC(=O)[C@@H](NC(=O)[C@H](CCC(=O)NCCCCNc1ccc([N+](=O)[O-])cc1[N+](=O)[O-])NC(=O)[C@@H](N)CCCCNS(=O)(=O)c1cccc2c(N(C)C)cccc12)C(C)C)C(C)C)C(=O)NCC(N)=O. The Morgan fingerprint density at radius 1 is 0.621 bits per heavy atom. The lowest BCUT2D eigenvalue weighted by Gasteiger charge is -2.30. The molecule has 0 saturated carbocycles. The van der Waals surface area contributed by atoms with Gasteiger partial charge >= 0.3 is 0 Å². The van der Waals surface area contributed by atoms with E-state index in [4.69, 9.17) is 17.2 Å². The molecule has 0 aliphatic heterocycles. The Balaban J connectivity index is 1.78. The van der Waals surface area contributed by atoms with E-state index < -0.39 is 139 Å². The molecule has 15 N–H and O–H groups in total. The number of amides is 8. The third kappa shape index (κ3) is 23.6. The molecule has 0 saturated heterocycles. The van der Waals surface area contributed by atoms with E-state index in [1.807, 2.05) is 31.1 Å². The van der Waals surface area contributed by atoms with Crippen molar-refractivity contribution in [1.29, 1.82) is 0 Å². The van der Waals surface area contributed by atoms with Crippen molar-refractivity contribution < 1.29 is 56.6 Å². The van der Waals surface area contributed by atoms with Crippen molar-refractivity contribution in [3.63, 3.8) is 0 Å². The number of hydrogen-bond donors (Lipinski definition) is 12. The number of nitrogens with one attached hydrogen (secondary N) is 9. The van der Waals surface area contributed by atoms with Gasteiger partial charge in [-0.1, -0.05) is 78.6 Å². The second-order valence-corrected chi connectivity index (χ2v) is 23.9. The topological polar surface area (TPSA) is 447 Å². The molecule has 0 spiro atoms. The minimum Gasteiger partial charge on any atom is -0.379 e. The number of carbonyl (C=O) groups excluding carboxylic acids is 8. The summed E-state index contributed by atoms with van der Waals surface area (Å²) in [4.78, 5) is 131. The summed E-state index contributed by atoms with van der Waals surface area (Å²) in [6.45, 7) is 10.3. The van der Waals surface area contributed by atoms with Crippen molar-refractivity contribution in [2.24, 2.45) is 35.0 Å². The maximum atomic E-state index is 14.3. The van der Waals surface area contributed by atoms with Crippen molar-refractivity contribution in [3.8, 4) is 0 Å². The van der Waals surface area contributed by atoms with E-state index in [0.717, 1.165) is 23.2 Å². The van der Waals surface area contributed by atoms with Gasteiger partial charge in [0.25, 0.3) is 11.4 Å². The molecule has 0 aliphatic carbocycles. The van der Waals surface area contributed by atoms with Gasteiger partial charge in [0.05, 0.1) is 33.4 Å². The van der Waals surface area contributed by atoms with E-state index in [1.165, 1.54) is 12.1 Å². The predicted octanol–water partition coefficient (Wildman–Crippen LogP) is 1.80. The van der Waals surface area contributed by atoms with Gasteiger partial charge in [0.15, 0.2) is 0 Å². The second-order valence-electron chi connectivity index (χ2n) is 22.2. The van der Waals surface area contributed by atoms with E-state index in [2.05, 4.69) is 47.3 Å². The van der Waals surface area contributed by atoms with Crippen LogP contribution < -0.4 is 69.4 Å². The summed E-state index contributed by atoms with van der Waals surface area (Å²) < 4.78 is 29.6. The van der Waals surface area contributed by atoms with Gasteiger partial charge in [0.1, 0.15) is 35.9 Å². The minimum atomic E-state index is -3.96. The molecule has 482 valence electrons. The highest BCUT2D eigenvalue weighted by molar-refractivity contribution is 7.89. The standard InChI is InChI=1S/C57H89N15O14S/c1-9-36(6)51(55(78)63-33-47(60)73)69-57(80)50(35(4)5)68-53(76)42(21-10-12-28-58)66-56(79)49(34(2)3)67-54(77)43(26-27-48(74)62-30-15-14-29-61-41-25-24-37(71(81)82)32-45(41)72(83)84)65-52(75)40(59)20-11-13-31-64-87(85,86)46-23-17-18-38-39(46)19-16-22-44(38)70(7)8/h16-19,22-25,32,34-36,40,42-43,49-51,61,64H,9-15,20-21,26-31,33,58-59H2,1-8H3,(H2,60,73)(H,62,74)(H,63,78)(H,65,75)(H,66,79)(H,67,77)(H,68,76)(H,69,80)/t36?,40-,42-,43-,49-,50-,51-/m0/s1. The minimum absolute atomic E-state index is 0.0148. The second kappa shape index (κ2) is 36.1. The van der Waals surface area contributed by atoms with E-state index in [-0.39, 0.29) is 75.3 Å². The summed E-state index contributed by atoms with van der Waals surface area (Å²) in [6.07, 6.45) is 2.17. The van der Waals surface area contributed by atoms with Gasteiger partial charge in [0.2, 0.25) is 57.3 Å². The summed E-state index contributed by atoms with van der Waals surface area (Å²) in [5, 5.41) is 45.4. The van der Waals surface area contributed by atoms with Crippen molar-refractivity contribution in [2.45, 2.75) is 153 Å². The van der Waals surface area contributed by atoms with Gasteiger partial charge in [-0.05, 0) is 93.9 Å². The molecule has 1 unspecified atom stereocenters. The predicted molar refractivity (Wildman–Crippen MR) is 329 cm³/mol. The summed E-state index contributed by atoms with van der Waals surface area (Å²) in [6, 6.07) is 6.06. The highest BCUT2D eigenvalue weighted by Gasteiger charge is 2.36. The molecule has 8 amide bonds. The Hall–Kier alpha value is -8.09. The van der Waals surface area contributed by atoms with Crippen LogP contribution in [0.3, 0.4) is 0 Å². The number of non-ortho nitro benzene ring substituents is 1. The first-order valence-corrected chi connectivity index (χ1v) is 30.7. The highest BCUT2D eigenvalue weighted by Crippen LogP contribution is 2.31. The maximum Gasteiger partial charge on any atom is 0.299 e. The third-order valence-electron chi connectivity index (χ3n) is 14.4. The quantitative estimate of drug-likeness (QED) is 0.0219. The summed E-state index contributed by atoms with van der Waals surface area (Å²) in [7, 11) is -0.246. The fourth-order valence-electron chi connectivity index (χ4n) is 9.17. The molecule has 3 rings (SSSR count). The number of carbonyl (C=O) groups is 8. The molecular weight excluding hydrogens is 1150 g/mol. The number of nitro benzene ring substituents is 2. The number of nitrogens with zero attached hydrogens (tertiary/aromatic N) is 3. The Labute approximate surface area is 507 Å². The lowest BCUT2D eigenvalue weighted by molar-refractivity contribution is -0.393. The number of fused-ring (bicyclic) bond motifs is 1. The van der Waals surface area contributed by atoms with Crippen LogP contribution in [0.4, 0.5) is 22.7 Å². The van der Waals surface area contributed by atoms with E-state index in [1.54, 1.807) is 59.7 Å². The fourth-order valence-corrected chi connectivity index (χ4v) is 10.5.